The lowest BCUT2D eigenvalue weighted by Gasteiger charge is -2.06. The van der Waals surface area contributed by atoms with Gasteiger partial charge in [0, 0.05) is 6.42 Å². The van der Waals surface area contributed by atoms with E-state index in [0.29, 0.717) is 0 Å². The molecule has 0 amide bonds. The second-order valence-electron chi connectivity index (χ2n) is 9.15. The molecule has 29 heavy (non-hydrogen) atoms. The maximum Gasteiger partial charge on any atom is 0.256 e. The van der Waals surface area contributed by atoms with Crippen molar-refractivity contribution in [1.29, 1.82) is 0 Å². The number of imidazole rings is 1. The zero-order valence-corrected chi connectivity index (χ0v) is 20.4. The minimum Gasteiger partial charge on any atom is -0.234 e. The van der Waals surface area contributed by atoms with Crippen LogP contribution in [0.25, 0.3) is 0 Å². The quantitative estimate of drug-likeness (QED) is 0.143. The third kappa shape index (κ3) is 13.2. The Kier molecular flexibility index (Phi) is 17.4. The molecule has 1 rings (SSSR count). The van der Waals surface area contributed by atoms with Crippen LogP contribution < -0.4 is 4.57 Å². The van der Waals surface area contributed by atoms with E-state index in [2.05, 4.69) is 42.3 Å². The van der Waals surface area contributed by atoms with Gasteiger partial charge in [0.15, 0.2) is 0 Å². The van der Waals surface area contributed by atoms with Gasteiger partial charge in [-0.25, -0.2) is 9.13 Å². The Balaban J connectivity index is 2.36. The van der Waals surface area contributed by atoms with Crippen molar-refractivity contribution in [2.45, 2.75) is 156 Å². The Morgan fingerprint density at radius 3 is 1.66 bits per heavy atom. The average Bonchev–Trinajstić information content (AvgIpc) is 3.11. The highest BCUT2D eigenvalue weighted by atomic mass is 15.1. The molecular formula is C27H53N2+. The highest BCUT2D eigenvalue weighted by Crippen LogP contribution is 2.12. The van der Waals surface area contributed by atoms with Crippen molar-refractivity contribution in [3.05, 3.63) is 18.2 Å². The predicted octanol–water partition coefficient (Wildman–Crippen LogP) is 8.40. The maximum atomic E-state index is 2.58. The molecule has 0 unspecified atom stereocenters. The van der Waals surface area contributed by atoms with Crippen molar-refractivity contribution in [3.63, 3.8) is 0 Å². The monoisotopic (exact) mass is 405 g/mol. The van der Waals surface area contributed by atoms with E-state index in [1.165, 1.54) is 135 Å². The van der Waals surface area contributed by atoms with Crippen LogP contribution in [-0.2, 0) is 19.5 Å². The second-order valence-corrected chi connectivity index (χ2v) is 9.15. The largest absolute Gasteiger partial charge is 0.256 e. The van der Waals surface area contributed by atoms with Crippen molar-refractivity contribution in [1.82, 2.24) is 4.57 Å². The highest BCUT2D eigenvalue weighted by Gasteiger charge is 2.16. The van der Waals surface area contributed by atoms with E-state index in [9.17, 15) is 0 Å². The molecule has 170 valence electrons. The summed E-state index contributed by atoms with van der Waals surface area (Å²) in [5.41, 5.74) is 0. The van der Waals surface area contributed by atoms with Crippen LogP contribution in [0.2, 0.25) is 0 Å². The number of hydrogen-bond acceptors (Lipinski definition) is 0. The molecular weight excluding hydrogens is 352 g/mol. The summed E-state index contributed by atoms with van der Waals surface area (Å²) in [7, 11) is 0. The molecule has 0 aliphatic heterocycles. The fourth-order valence-corrected chi connectivity index (χ4v) is 4.38. The molecule has 1 aromatic heterocycles. The SMILES string of the molecule is CCCCCCCCCCC[n+]1ccn(CCCCCC)c1CCCCCCC. The molecule has 1 aromatic rings. The number of aromatic nitrogens is 2. The molecule has 0 bridgehead atoms. The molecule has 0 fully saturated rings. The molecule has 0 aliphatic rings. The van der Waals surface area contributed by atoms with Gasteiger partial charge in [-0.3, -0.25) is 0 Å². The smallest absolute Gasteiger partial charge is 0.234 e. The highest BCUT2D eigenvalue weighted by molar-refractivity contribution is 4.84. The van der Waals surface area contributed by atoms with Gasteiger partial charge in [-0.05, 0) is 32.1 Å². The van der Waals surface area contributed by atoms with Gasteiger partial charge in [-0.1, -0.05) is 104 Å². The van der Waals surface area contributed by atoms with Crippen LogP contribution in [-0.4, -0.2) is 4.57 Å². The first-order valence-corrected chi connectivity index (χ1v) is 13.4. The summed E-state index contributed by atoms with van der Waals surface area (Å²) in [6, 6.07) is 0. The second kappa shape index (κ2) is 19.2. The molecule has 0 saturated heterocycles. The number of nitrogens with zero attached hydrogens (tertiary/aromatic N) is 2. The molecule has 2 nitrogen and oxygen atoms in total. The van der Waals surface area contributed by atoms with Crippen LogP contribution in [0.1, 0.15) is 142 Å². The Morgan fingerprint density at radius 1 is 0.586 bits per heavy atom. The van der Waals surface area contributed by atoms with E-state index >= 15 is 0 Å². The number of rotatable bonds is 21. The van der Waals surface area contributed by atoms with Gasteiger partial charge >= 0.3 is 0 Å². The third-order valence-corrected chi connectivity index (χ3v) is 6.35. The first kappa shape index (κ1) is 26.2. The van der Waals surface area contributed by atoms with E-state index in [0.717, 1.165) is 0 Å². The summed E-state index contributed by atoms with van der Waals surface area (Å²) in [5.74, 6) is 1.59. The van der Waals surface area contributed by atoms with Gasteiger partial charge in [-0.15, -0.1) is 0 Å². The summed E-state index contributed by atoms with van der Waals surface area (Å²) < 4.78 is 5.16. The number of hydrogen-bond donors (Lipinski definition) is 0. The van der Waals surface area contributed by atoms with E-state index in [4.69, 9.17) is 0 Å². The summed E-state index contributed by atoms with van der Waals surface area (Å²) in [4.78, 5) is 0. The Bertz CT molecular complexity index is 463. The fourth-order valence-electron chi connectivity index (χ4n) is 4.38. The van der Waals surface area contributed by atoms with Crippen LogP contribution in [0.5, 0.6) is 0 Å². The zero-order chi connectivity index (χ0) is 21.0. The van der Waals surface area contributed by atoms with E-state index in [1.54, 1.807) is 5.82 Å². The van der Waals surface area contributed by atoms with Gasteiger partial charge in [0.05, 0.1) is 13.1 Å². The molecule has 0 spiro atoms. The van der Waals surface area contributed by atoms with Crippen molar-refractivity contribution in [2.75, 3.05) is 0 Å². The molecule has 0 N–H and O–H groups in total. The van der Waals surface area contributed by atoms with E-state index in [1.807, 2.05) is 0 Å². The molecule has 2 heteroatoms. The maximum absolute atomic E-state index is 2.58. The van der Waals surface area contributed by atoms with Crippen molar-refractivity contribution in [3.8, 4) is 0 Å². The summed E-state index contributed by atoms with van der Waals surface area (Å²) in [5, 5.41) is 0. The predicted molar refractivity (Wildman–Crippen MR) is 128 cm³/mol. The first-order chi connectivity index (χ1) is 14.3. The topological polar surface area (TPSA) is 8.81 Å². The van der Waals surface area contributed by atoms with Gasteiger partial charge in [0.25, 0.3) is 5.82 Å². The number of aryl methyl sites for hydroxylation is 2. The van der Waals surface area contributed by atoms with Gasteiger partial charge < -0.3 is 0 Å². The summed E-state index contributed by atoms with van der Waals surface area (Å²) in [6.07, 6.45) is 31.1. The molecule has 0 radical (unpaired) electrons. The van der Waals surface area contributed by atoms with Crippen molar-refractivity contribution in [2.24, 2.45) is 0 Å². The van der Waals surface area contributed by atoms with Crippen molar-refractivity contribution >= 4 is 0 Å². The van der Waals surface area contributed by atoms with Crippen LogP contribution >= 0.6 is 0 Å². The first-order valence-electron chi connectivity index (χ1n) is 13.4. The Hall–Kier alpha value is -0.790. The fraction of sp³-hybridized carbons (Fsp3) is 0.889. The summed E-state index contributed by atoms with van der Waals surface area (Å²) in [6.45, 7) is 9.35. The Labute approximate surface area is 183 Å². The minimum atomic E-state index is 1.22. The molecule has 0 aliphatic carbocycles. The van der Waals surface area contributed by atoms with Gasteiger partial charge in [-0.2, -0.15) is 0 Å². The molecule has 1 heterocycles. The minimum absolute atomic E-state index is 1.22. The molecule has 0 saturated carbocycles. The molecule has 0 aromatic carbocycles. The van der Waals surface area contributed by atoms with Crippen LogP contribution in [0, 0.1) is 0 Å². The van der Waals surface area contributed by atoms with Crippen LogP contribution in [0.15, 0.2) is 12.4 Å². The molecule has 0 atom stereocenters. The van der Waals surface area contributed by atoms with Crippen LogP contribution in [0.4, 0.5) is 0 Å². The van der Waals surface area contributed by atoms with Gasteiger partial charge in [0.2, 0.25) is 0 Å². The normalized spacial score (nSPS) is 11.4. The third-order valence-electron chi connectivity index (χ3n) is 6.35. The lowest BCUT2D eigenvalue weighted by atomic mass is 10.1. The lowest BCUT2D eigenvalue weighted by Crippen LogP contribution is -2.37. The lowest BCUT2D eigenvalue weighted by molar-refractivity contribution is -0.704. The van der Waals surface area contributed by atoms with Gasteiger partial charge in [0.1, 0.15) is 12.4 Å². The van der Waals surface area contributed by atoms with E-state index in [-0.39, 0.29) is 0 Å². The zero-order valence-electron chi connectivity index (χ0n) is 20.4. The standard InChI is InChI=1S/C27H53N2/c1-4-7-10-13-14-15-16-18-21-24-29-26-25-28(23-20-12-9-6-3)27(29)22-19-17-11-8-5-2/h25-26H,4-24H2,1-3H3/q+1. The van der Waals surface area contributed by atoms with E-state index < -0.39 is 0 Å². The van der Waals surface area contributed by atoms with Crippen LogP contribution in [0.3, 0.4) is 0 Å². The summed E-state index contributed by atoms with van der Waals surface area (Å²) >= 11 is 0. The Morgan fingerprint density at radius 2 is 1.07 bits per heavy atom. The average molecular weight is 406 g/mol. The van der Waals surface area contributed by atoms with Crippen molar-refractivity contribution < 1.29 is 4.57 Å². The number of unbranched alkanes of at least 4 members (excludes halogenated alkanes) is 15.